The standard InChI is InChI=1S/C20H21N5O2/c1-23-9-3-6-17(23)19(26)22-12-16-14-24-10-4-7-18(24)20(27)25(16)13-15-5-2-8-21-11-15/h2-11,16H,12-14H2,1H3,(H,22,26). The van der Waals surface area contributed by atoms with Gasteiger partial charge in [0.15, 0.2) is 0 Å². The number of fused-ring (bicyclic) bond motifs is 1. The lowest BCUT2D eigenvalue weighted by Gasteiger charge is -2.36. The summed E-state index contributed by atoms with van der Waals surface area (Å²) in [5.41, 5.74) is 2.23. The van der Waals surface area contributed by atoms with Crippen LogP contribution < -0.4 is 5.32 Å². The van der Waals surface area contributed by atoms with E-state index in [4.69, 9.17) is 0 Å². The number of hydrogen-bond donors (Lipinski definition) is 1. The molecule has 0 aromatic carbocycles. The van der Waals surface area contributed by atoms with E-state index in [2.05, 4.69) is 10.3 Å². The van der Waals surface area contributed by atoms with Crippen molar-refractivity contribution in [3.05, 3.63) is 78.1 Å². The zero-order chi connectivity index (χ0) is 18.8. The van der Waals surface area contributed by atoms with Crippen LogP contribution in [0.3, 0.4) is 0 Å². The van der Waals surface area contributed by atoms with Crippen molar-refractivity contribution in [1.82, 2.24) is 24.3 Å². The van der Waals surface area contributed by atoms with Crippen molar-refractivity contribution in [3.63, 3.8) is 0 Å². The lowest BCUT2D eigenvalue weighted by Crippen LogP contribution is -2.52. The second kappa shape index (κ2) is 7.11. The van der Waals surface area contributed by atoms with E-state index in [9.17, 15) is 9.59 Å². The normalized spacial score (nSPS) is 16.3. The van der Waals surface area contributed by atoms with Crippen molar-refractivity contribution in [2.75, 3.05) is 6.54 Å². The van der Waals surface area contributed by atoms with E-state index in [0.29, 0.717) is 31.0 Å². The number of aromatic nitrogens is 3. The van der Waals surface area contributed by atoms with Gasteiger partial charge in [-0.1, -0.05) is 6.07 Å². The molecule has 7 heteroatoms. The minimum Gasteiger partial charge on any atom is -0.349 e. The Labute approximate surface area is 157 Å². The predicted molar refractivity (Wildman–Crippen MR) is 100 cm³/mol. The molecule has 0 saturated heterocycles. The fourth-order valence-electron chi connectivity index (χ4n) is 3.47. The van der Waals surface area contributed by atoms with Gasteiger partial charge in [-0.05, 0) is 35.9 Å². The second-order valence-electron chi connectivity index (χ2n) is 6.71. The van der Waals surface area contributed by atoms with E-state index >= 15 is 0 Å². The average Bonchev–Trinajstić information content (AvgIpc) is 3.32. The zero-order valence-electron chi connectivity index (χ0n) is 15.1. The van der Waals surface area contributed by atoms with Crippen LogP contribution >= 0.6 is 0 Å². The van der Waals surface area contributed by atoms with Crippen LogP contribution in [0, 0.1) is 0 Å². The maximum Gasteiger partial charge on any atom is 0.271 e. The van der Waals surface area contributed by atoms with Crippen LogP contribution in [0.25, 0.3) is 0 Å². The van der Waals surface area contributed by atoms with Crippen LogP contribution in [0.2, 0.25) is 0 Å². The summed E-state index contributed by atoms with van der Waals surface area (Å²) < 4.78 is 3.72. The van der Waals surface area contributed by atoms with Gasteiger partial charge in [-0.15, -0.1) is 0 Å². The van der Waals surface area contributed by atoms with Gasteiger partial charge in [-0.3, -0.25) is 14.6 Å². The molecule has 0 fully saturated rings. The molecule has 0 saturated carbocycles. The Morgan fingerprint density at radius 1 is 1.22 bits per heavy atom. The van der Waals surface area contributed by atoms with Crippen LogP contribution in [-0.4, -0.2) is 43.4 Å². The van der Waals surface area contributed by atoms with Crippen LogP contribution in [0.1, 0.15) is 26.5 Å². The van der Waals surface area contributed by atoms with E-state index in [0.717, 1.165) is 5.56 Å². The Morgan fingerprint density at radius 3 is 2.81 bits per heavy atom. The molecule has 1 aliphatic heterocycles. The molecule has 4 rings (SSSR count). The highest BCUT2D eigenvalue weighted by molar-refractivity contribution is 5.94. The van der Waals surface area contributed by atoms with Gasteiger partial charge in [0, 0.05) is 51.5 Å². The molecule has 1 unspecified atom stereocenters. The van der Waals surface area contributed by atoms with Crippen molar-refractivity contribution in [1.29, 1.82) is 0 Å². The summed E-state index contributed by atoms with van der Waals surface area (Å²) in [6.07, 6.45) is 7.21. The van der Waals surface area contributed by atoms with Gasteiger partial charge in [-0.2, -0.15) is 0 Å². The number of amides is 2. The molecule has 7 nitrogen and oxygen atoms in total. The number of carbonyl (C=O) groups is 2. The average molecular weight is 363 g/mol. The highest BCUT2D eigenvalue weighted by Gasteiger charge is 2.32. The first-order chi connectivity index (χ1) is 13.1. The maximum atomic E-state index is 13.0. The zero-order valence-corrected chi connectivity index (χ0v) is 15.1. The molecular weight excluding hydrogens is 342 g/mol. The molecule has 0 aliphatic carbocycles. The van der Waals surface area contributed by atoms with Gasteiger partial charge in [0.2, 0.25) is 0 Å². The van der Waals surface area contributed by atoms with Crippen molar-refractivity contribution in [3.8, 4) is 0 Å². The van der Waals surface area contributed by atoms with Gasteiger partial charge in [0.05, 0.1) is 6.04 Å². The fraction of sp³-hybridized carbons (Fsp3) is 0.250. The van der Waals surface area contributed by atoms with Gasteiger partial charge < -0.3 is 19.4 Å². The molecule has 0 radical (unpaired) electrons. The number of nitrogens with one attached hydrogen (secondary N) is 1. The lowest BCUT2D eigenvalue weighted by atomic mass is 10.1. The van der Waals surface area contributed by atoms with E-state index in [1.54, 1.807) is 23.0 Å². The summed E-state index contributed by atoms with van der Waals surface area (Å²) >= 11 is 0. The highest BCUT2D eigenvalue weighted by atomic mass is 16.2. The Kier molecular flexibility index (Phi) is 4.50. The smallest absolute Gasteiger partial charge is 0.271 e. The Balaban J connectivity index is 1.54. The van der Waals surface area contributed by atoms with Crippen molar-refractivity contribution in [2.45, 2.75) is 19.1 Å². The van der Waals surface area contributed by atoms with Crippen molar-refractivity contribution in [2.24, 2.45) is 7.05 Å². The first-order valence-electron chi connectivity index (χ1n) is 8.88. The molecule has 1 aliphatic rings. The summed E-state index contributed by atoms with van der Waals surface area (Å²) in [4.78, 5) is 31.4. The third kappa shape index (κ3) is 3.36. The van der Waals surface area contributed by atoms with Gasteiger partial charge in [0.25, 0.3) is 11.8 Å². The molecule has 3 aromatic rings. The predicted octanol–water partition coefficient (Wildman–Crippen LogP) is 1.68. The molecule has 27 heavy (non-hydrogen) atoms. The quantitative estimate of drug-likeness (QED) is 0.750. The van der Waals surface area contributed by atoms with Crippen molar-refractivity contribution < 1.29 is 9.59 Å². The SMILES string of the molecule is Cn1cccc1C(=O)NCC1Cn2cccc2C(=O)N1Cc1cccnc1. The second-order valence-corrected chi connectivity index (χ2v) is 6.71. The molecule has 0 bridgehead atoms. The number of pyridine rings is 1. The van der Waals surface area contributed by atoms with Crippen LogP contribution in [0.4, 0.5) is 0 Å². The molecular formula is C20H21N5O2. The summed E-state index contributed by atoms with van der Waals surface area (Å²) in [6.45, 7) is 1.48. The van der Waals surface area contributed by atoms with Crippen LogP contribution in [-0.2, 0) is 20.1 Å². The number of nitrogens with zero attached hydrogens (tertiary/aromatic N) is 4. The molecule has 1 atom stereocenters. The third-order valence-corrected chi connectivity index (χ3v) is 4.91. The molecule has 4 heterocycles. The first kappa shape index (κ1) is 17.1. The summed E-state index contributed by atoms with van der Waals surface area (Å²) in [5, 5.41) is 2.97. The highest BCUT2D eigenvalue weighted by Crippen LogP contribution is 2.20. The van der Waals surface area contributed by atoms with Crippen LogP contribution in [0.5, 0.6) is 0 Å². The van der Waals surface area contributed by atoms with E-state index in [-0.39, 0.29) is 17.9 Å². The van der Waals surface area contributed by atoms with Crippen molar-refractivity contribution >= 4 is 11.8 Å². The van der Waals surface area contributed by atoms with E-state index < -0.39 is 0 Å². The Morgan fingerprint density at radius 2 is 2.07 bits per heavy atom. The van der Waals surface area contributed by atoms with E-state index in [1.165, 1.54) is 0 Å². The van der Waals surface area contributed by atoms with E-state index in [1.807, 2.05) is 59.2 Å². The maximum absolute atomic E-state index is 13.0. The van der Waals surface area contributed by atoms with Gasteiger partial charge in [0.1, 0.15) is 11.4 Å². The Hall–Kier alpha value is -3.35. The summed E-state index contributed by atoms with van der Waals surface area (Å²) in [5.74, 6) is -0.178. The van der Waals surface area contributed by atoms with Crippen LogP contribution in [0.15, 0.2) is 61.2 Å². The lowest BCUT2D eigenvalue weighted by molar-refractivity contribution is 0.0562. The summed E-state index contributed by atoms with van der Waals surface area (Å²) in [7, 11) is 1.83. The van der Waals surface area contributed by atoms with Gasteiger partial charge >= 0.3 is 0 Å². The molecule has 138 valence electrons. The first-order valence-corrected chi connectivity index (χ1v) is 8.88. The Bertz CT molecular complexity index is 960. The third-order valence-electron chi connectivity index (χ3n) is 4.91. The minimum absolute atomic E-state index is 0.0341. The molecule has 2 amide bonds. The largest absolute Gasteiger partial charge is 0.349 e. The number of rotatable bonds is 5. The summed E-state index contributed by atoms with van der Waals surface area (Å²) in [6, 6.07) is 11.0. The molecule has 1 N–H and O–H groups in total. The topological polar surface area (TPSA) is 72.2 Å². The molecule has 0 spiro atoms. The number of hydrogen-bond acceptors (Lipinski definition) is 3. The number of aryl methyl sites for hydroxylation is 1. The monoisotopic (exact) mass is 363 g/mol. The van der Waals surface area contributed by atoms with Gasteiger partial charge in [-0.25, -0.2) is 0 Å². The number of carbonyl (C=O) groups excluding carboxylic acids is 2. The molecule has 3 aromatic heterocycles. The fourth-order valence-corrected chi connectivity index (χ4v) is 3.47. The minimum atomic E-state index is -0.144.